The van der Waals surface area contributed by atoms with Gasteiger partial charge in [-0.05, 0) is 30.7 Å². The first-order valence-corrected chi connectivity index (χ1v) is 8.68. The Hall–Kier alpha value is -3.49. The van der Waals surface area contributed by atoms with Crippen LogP contribution in [0.1, 0.15) is 47.2 Å². The predicted molar refractivity (Wildman–Crippen MR) is 103 cm³/mol. The lowest BCUT2D eigenvalue weighted by Crippen LogP contribution is -2.14. The molecule has 0 fully saturated rings. The first kappa shape index (κ1) is 20.8. The SMILES string of the molecule is CC.CC(=O)c1cc(C(=O)Nc2nnco2)c(Nc2ccc(C)cc2F)n1C. The fourth-order valence-corrected chi connectivity index (χ4v) is 2.51. The van der Waals surface area contributed by atoms with Crippen molar-refractivity contribution in [2.24, 2.45) is 7.05 Å². The Morgan fingerprint density at radius 2 is 1.93 bits per heavy atom. The van der Waals surface area contributed by atoms with Crippen molar-refractivity contribution in [2.45, 2.75) is 27.7 Å². The molecule has 0 aliphatic heterocycles. The van der Waals surface area contributed by atoms with Crippen LogP contribution in [0.2, 0.25) is 0 Å². The van der Waals surface area contributed by atoms with Crippen LogP contribution in [0.15, 0.2) is 35.1 Å². The topological polar surface area (TPSA) is 102 Å². The lowest BCUT2D eigenvalue weighted by molar-refractivity contribution is 0.100. The van der Waals surface area contributed by atoms with Crippen molar-refractivity contribution in [1.29, 1.82) is 0 Å². The van der Waals surface area contributed by atoms with Gasteiger partial charge < -0.3 is 14.3 Å². The molecule has 0 aliphatic rings. The molecule has 8 nitrogen and oxygen atoms in total. The van der Waals surface area contributed by atoms with Gasteiger partial charge in [-0.1, -0.05) is 25.0 Å². The van der Waals surface area contributed by atoms with E-state index in [4.69, 9.17) is 4.42 Å². The Morgan fingerprint density at radius 1 is 1.21 bits per heavy atom. The number of aryl methyl sites for hydroxylation is 1. The molecule has 2 N–H and O–H groups in total. The number of carbonyl (C=O) groups is 2. The smallest absolute Gasteiger partial charge is 0.322 e. The van der Waals surface area contributed by atoms with Crippen LogP contribution >= 0.6 is 0 Å². The molecule has 3 rings (SSSR count). The molecule has 0 unspecified atom stereocenters. The second-order valence-corrected chi connectivity index (χ2v) is 5.71. The number of rotatable bonds is 5. The van der Waals surface area contributed by atoms with Crippen LogP contribution in [0.4, 0.5) is 21.9 Å². The van der Waals surface area contributed by atoms with Gasteiger partial charge in [-0.3, -0.25) is 14.9 Å². The summed E-state index contributed by atoms with van der Waals surface area (Å²) in [5.74, 6) is -1.03. The second kappa shape index (κ2) is 8.94. The van der Waals surface area contributed by atoms with E-state index < -0.39 is 11.7 Å². The van der Waals surface area contributed by atoms with E-state index in [9.17, 15) is 14.0 Å². The Balaban J connectivity index is 0.00000136. The third-order valence-corrected chi connectivity index (χ3v) is 3.80. The highest BCUT2D eigenvalue weighted by Gasteiger charge is 2.22. The number of Topliss-reactive ketones (excluding diaryl/α,β-unsaturated/α-hetero) is 1. The van der Waals surface area contributed by atoms with Crippen LogP contribution in [0, 0.1) is 12.7 Å². The zero-order valence-corrected chi connectivity index (χ0v) is 16.3. The van der Waals surface area contributed by atoms with Crippen LogP contribution in [-0.4, -0.2) is 26.5 Å². The number of ketones is 1. The van der Waals surface area contributed by atoms with Gasteiger partial charge >= 0.3 is 6.01 Å². The van der Waals surface area contributed by atoms with Gasteiger partial charge in [0.1, 0.15) is 11.6 Å². The van der Waals surface area contributed by atoms with Gasteiger partial charge in [0, 0.05) is 14.0 Å². The second-order valence-electron chi connectivity index (χ2n) is 5.71. The van der Waals surface area contributed by atoms with Crippen LogP contribution in [-0.2, 0) is 7.05 Å². The molecule has 0 atom stereocenters. The molecule has 2 heterocycles. The molecule has 1 aromatic carbocycles. The van der Waals surface area contributed by atoms with E-state index in [0.29, 0.717) is 0 Å². The quantitative estimate of drug-likeness (QED) is 0.640. The summed E-state index contributed by atoms with van der Waals surface area (Å²) in [7, 11) is 1.61. The van der Waals surface area contributed by atoms with Gasteiger partial charge in [-0.25, -0.2) is 4.39 Å². The summed E-state index contributed by atoms with van der Waals surface area (Å²) in [6.45, 7) is 7.15. The number of benzene rings is 1. The van der Waals surface area contributed by atoms with Crippen molar-refractivity contribution in [2.75, 3.05) is 10.6 Å². The number of nitrogens with zero attached hydrogens (tertiary/aromatic N) is 3. The number of nitrogens with one attached hydrogen (secondary N) is 2. The van der Waals surface area contributed by atoms with Crippen LogP contribution in [0.25, 0.3) is 0 Å². The van der Waals surface area contributed by atoms with Crippen molar-refractivity contribution >= 4 is 29.2 Å². The van der Waals surface area contributed by atoms with E-state index >= 15 is 0 Å². The summed E-state index contributed by atoms with van der Waals surface area (Å²) in [6.07, 6.45) is 1.07. The largest absolute Gasteiger partial charge is 0.411 e. The molecule has 0 saturated heterocycles. The average Bonchev–Trinajstić information content (AvgIpc) is 3.27. The van der Waals surface area contributed by atoms with Crippen LogP contribution < -0.4 is 10.6 Å². The van der Waals surface area contributed by atoms with E-state index in [0.717, 1.165) is 12.0 Å². The van der Waals surface area contributed by atoms with Crippen molar-refractivity contribution in [3.63, 3.8) is 0 Å². The Morgan fingerprint density at radius 3 is 2.50 bits per heavy atom. The van der Waals surface area contributed by atoms with Crippen molar-refractivity contribution in [1.82, 2.24) is 14.8 Å². The van der Waals surface area contributed by atoms with Gasteiger partial charge in [-0.2, -0.15) is 0 Å². The monoisotopic (exact) mass is 387 g/mol. The number of aromatic nitrogens is 3. The van der Waals surface area contributed by atoms with Gasteiger partial charge in [0.05, 0.1) is 16.9 Å². The summed E-state index contributed by atoms with van der Waals surface area (Å²) >= 11 is 0. The van der Waals surface area contributed by atoms with Gasteiger partial charge in [0.25, 0.3) is 5.91 Å². The zero-order valence-electron chi connectivity index (χ0n) is 16.3. The maximum Gasteiger partial charge on any atom is 0.322 e. The van der Waals surface area contributed by atoms with Gasteiger partial charge in [0.2, 0.25) is 6.39 Å². The molecule has 0 aliphatic carbocycles. The number of hydrogen-bond acceptors (Lipinski definition) is 6. The highest BCUT2D eigenvalue weighted by Crippen LogP contribution is 2.27. The number of hydrogen-bond donors (Lipinski definition) is 2. The molecular weight excluding hydrogens is 365 g/mol. The molecule has 3 aromatic rings. The van der Waals surface area contributed by atoms with Gasteiger partial charge in [0.15, 0.2) is 5.78 Å². The highest BCUT2D eigenvalue weighted by atomic mass is 19.1. The summed E-state index contributed by atoms with van der Waals surface area (Å²) in [5, 5.41) is 12.4. The molecule has 9 heteroatoms. The summed E-state index contributed by atoms with van der Waals surface area (Å²) in [6, 6.07) is 6.00. The van der Waals surface area contributed by atoms with E-state index in [1.807, 2.05) is 13.8 Å². The Bertz CT molecular complexity index is 980. The average molecular weight is 387 g/mol. The van der Waals surface area contributed by atoms with Crippen molar-refractivity contribution in [3.05, 3.63) is 53.3 Å². The number of amides is 1. The predicted octanol–water partition coefficient (Wildman–Crippen LogP) is 4.08. The molecular formula is C19H22FN5O3. The minimum absolute atomic E-state index is 0.0873. The first-order valence-electron chi connectivity index (χ1n) is 8.68. The summed E-state index contributed by atoms with van der Waals surface area (Å²) in [4.78, 5) is 24.4. The summed E-state index contributed by atoms with van der Waals surface area (Å²) in [5.41, 5.74) is 1.36. The van der Waals surface area contributed by atoms with Crippen molar-refractivity contribution in [3.8, 4) is 0 Å². The molecule has 0 radical (unpaired) electrons. The fourth-order valence-electron chi connectivity index (χ4n) is 2.51. The molecule has 0 spiro atoms. The van der Waals surface area contributed by atoms with Crippen molar-refractivity contribution < 1.29 is 18.4 Å². The van der Waals surface area contributed by atoms with E-state index in [1.165, 1.54) is 23.6 Å². The number of anilines is 3. The van der Waals surface area contributed by atoms with Crippen LogP contribution in [0.3, 0.4) is 0 Å². The third-order valence-electron chi connectivity index (χ3n) is 3.80. The zero-order chi connectivity index (χ0) is 20.8. The molecule has 0 bridgehead atoms. The standard InChI is InChI=1S/C17H16FN5O3.C2H6/c1-9-4-5-13(12(18)6-9)20-15-11(7-14(10(2)24)23(15)3)16(25)21-17-22-19-8-26-17;1-2/h4-8,20H,1-3H3,(H,21,22,25);1-2H3. The highest BCUT2D eigenvalue weighted by molar-refractivity contribution is 6.09. The molecule has 1 amide bonds. The van der Waals surface area contributed by atoms with E-state index in [-0.39, 0.29) is 34.6 Å². The Labute approximate surface area is 161 Å². The molecule has 2 aromatic heterocycles. The Kier molecular flexibility index (Phi) is 6.64. The number of carbonyl (C=O) groups excluding carboxylic acids is 2. The van der Waals surface area contributed by atoms with Crippen LogP contribution in [0.5, 0.6) is 0 Å². The minimum atomic E-state index is -0.577. The maximum atomic E-state index is 14.2. The van der Waals surface area contributed by atoms with E-state index in [1.54, 1.807) is 26.1 Å². The molecule has 28 heavy (non-hydrogen) atoms. The maximum absolute atomic E-state index is 14.2. The van der Waals surface area contributed by atoms with Gasteiger partial charge in [-0.15, -0.1) is 5.10 Å². The normalized spacial score (nSPS) is 10.1. The lowest BCUT2D eigenvalue weighted by atomic mass is 10.2. The summed E-state index contributed by atoms with van der Waals surface area (Å²) < 4.78 is 20.6. The minimum Gasteiger partial charge on any atom is -0.411 e. The van der Waals surface area contributed by atoms with E-state index in [2.05, 4.69) is 20.8 Å². The molecule has 0 saturated carbocycles. The lowest BCUT2D eigenvalue weighted by Gasteiger charge is -2.12. The first-order chi connectivity index (χ1) is 13.4. The number of halogens is 1. The molecule has 148 valence electrons. The third kappa shape index (κ3) is 4.43. The fraction of sp³-hybridized carbons (Fsp3) is 0.263.